The fraction of sp³-hybridized carbons (Fsp3) is 0.455. The molecule has 31 heavy (non-hydrogen) atoms. The Morgan fingerprint density at radius 1 is 0.871 bits per heavy atom. The van der Waals surface area contributed by atoms with Crippen LogP contribution in [0.4, 0.5) is 0 Å². The number of hydrogen-bond acceptors (Lipinski definition) is 6. The van der Waals surface area contributed by atoms with Crippen LogP contribution in [0, 0.1) is 0 Å². The Morgan fingerprint density at radius 2 is 1.45 bits per heavy atom. The lowest BCUT2D eigenvalue weighted by Crippen LogP contribution is -2.27. The summed E-state index contributed by atoms with van der Waals surface area (Å²) in [6.45, 7) is 4.15. The van der Waals surface area contributed by atoms with Gasteiger partial charge in [-0.1, -0.05) is 60.8 Å². The highest BCUT2D eigenvalue weighted by Gasteiger charge is 2.26. The first-order valence-corrected chi connectivity index (χ1v) is 10.8. The summed E-state index contributed by atoms with van der Waals surface area (Å²) in [5, 5.41) is 29.0. The third kappa shape index (κ3) is 7.12. The zero-order valence-electron chi connectivity index (χ0n) is 17.5. The molecule has 2 unspecified atom stereocenters. The summed E-state index contributed by atoms with van der Waals surface area (Å²) in [6.07, 6.45) is -1.97. The predicted molar refractivity (Wildman–Crippen MR) is 122 cm³/mol. The van der Waals surface area contributed by atoms with Gasteiger partial charge in [0, 0.05) is 12.5 Å². The third-order valence-corrected chi connectivity index (χ3v) is 5.67. The smallest absolute Gasteiger partial charge is 0.157 e. The van der Waals surface area contributed by atoms with E-state index < -0.39 is 23.2 Å². The molecule has 0 radical (unpaired) electrons. The van der Waals surface area contributed by atoms with Crippen LogP contribution in [-0.2, 0) is 10.2 Å². The molecule has 6 nitrogen and oxygen atoms in total. The maximum absolute atomic E-state index is 9.69. The highest BCUT2D eigenvalue weighted by Crippen LogP contribution is 2.40. The Hall–Kier alpha value is -1.25. The number of rotatable bonds is 11. The number of methoxy groups -OCH3 is 1. The van der Waals surface area contributed by atoms with E-state index in [9.17, 15) is 10.2 Å². The van der Waals surface area contributed by atoms with E-state index in [1.165, 1.54) is 7.11 Å². The molecule has 0 aliphatic carbocycles. The molecule has 0 saturated carbocycles. The van der Waals surface area contributed by atoms with Gasteiger partial charge in [-0.3, -0.25) is 0 Å². The Morgan fingerprint density at radius 3 is 1.97 bits per heavy atom. The number of aliphatic hydroxyl groups is 3. The van der Waals surface area contributed by atoms with E-state index in [0.29, 0.717) is 5.75 Å². The van der Waals surface area contributed by atoms with Crippen molar-refractivity contribution < 1.29 is 29.5 Å². The van der Waals surface area contributed by atoms with E-state index in [1.807, 2.05) is 38.1 Å². The average molecular weight is 494 g/mol. The topological polar surface area (TPSA) is 88.4 Å². The number of halogens is 3. The average Bonchev–Trinajstić information content (AvgIpc) is 2.71. The maximum Gasteiger partial charge on any atom is 0.157 e. The quantitative estimate of drug-likeness (QED) is 0.410. The highest BCUT2D eigenvalue weighted by atomic mass is 35.5. The molecule has 0 bridgehead atoms. The molecule has 0 amide bonds. The van der Waals surface area contributed by atoms with Crippen molar-refractivity contribution >= 4 is 34.8 Å². The summed E-state index contributed by atoms with van der Waals surface area (Å²) in [5.41, 5.74) is -0.0344. The first kappa shape index (κ1) is 26.0. The molecule has 2 aromatic rings. The summed E-state index contributed by atoms with van der Waals surface area (Å²) >= 11 is 18.2. The molecule has 0 heterocycles. The number of benzene rings is 2. The van der Waals surface area contributed by atoms with Crippen LogP contribution < -0.4 is 9.47 Å². The van der Waals surface area contributed by atoms with Gasteiger partial charge in [0.15, 0.2) is 11.3 Å². The molecule has 0 spiro atoms. The Kier molecular flexibility index (Phi) is 9.70. The van der Waals surface area contributed by atoms with Crippen molar-refractivity contribution in [2.45, 2.75) is 37.0 Å². The second-order valence-corrected chi connectivity index (χ2v) is 8.85. The summed E-state index contributed by atoms with van der Waals surface area (Å²) in [6, 6.07) is 11.0. The molecule has 0 fully saturated rings. The zero-order valence-corrected chi connectivity index (χ0v) is 19.8. The number of ether oxygens (including phenoxy) is 3. The molecule has 2 aromatic carbocycles. The van der Waals surface area contributed by atoms with Crippen molar-refractivity contribution in [1.82, 2.24) is 0 Å². The number of aliphatic hydroxyl groups excluding tert-OH is 3. The van der Waals surface area contributed by atoms with Crippen LogP contribution in [0.3, 0.4) is 0 Å². The molecular weight excluding hydrogens is 467 g/mol. The van der Waals surface area contributed by atoms with Gasteiger partial charge in [-0.25, -0.2) is 0 Å². The standard InChI is InChI=1S/C22H27Cl3O6/c1-22(2,13-4-6-16(7-5-13)30-11-15(26)10-29-3)14-8-17(23)20(18(24)9-14)31-12-19(27)21(25)28/h4-9,15,19,21,26-28H,10-12H2,1-3H3/t15-,19?,21?/m0/s1. The van der Waals surface area contributed by atoms with Crippen LogP contribution >= 0.6 is 34.8 Å². The Labute approximate surface area is 197 Å². The minimum absolute atomic E-state index is 0.138. The van der Waals surface area contributed by atoms with Crippen LogP contribution in [-0.4, -0.2) is 60.0 Å². The first-order chi connectivity index (χ1) is 14.6. The van der Waals surface area contributed by atoms with Crippen LogP contribution in [0.5, 0.6) is 11.5 Å². The molecule has 3 N–H and O–H groups in total. The SMILES string of the molecule is COC[C@H](O)COc1ccc(C(C)(C)c2cc(Cl)c(OCC(O)C(O)Cl)c(Cl)c2)cc1. The van der Waals surface area contributed by atoms with E-state index in [4.69, 9.17) is 54.1 Å². The fourth-order valence-electron chi connectivity index (χ4n) is 2.87. The minimum atomic E-state index is -1.45. The molecule has 0 aliphatic rings. The summed E-state index contributed by atoms with van der Waals surface area (Å²) in [7, 11) is 1.52. The molecule has 0 aromatic heterocycles. The van der Waals surface area contributed by atoms with E-state index in [2.05, 4.69) is 0 Å². The zero-order chi connectivity index (χ0) is 23.2. The molecule has 2 rings (SSSR count). The first-order valence-electron chi connectivity index (χ1n) is 9.59. The third-order valence-electron chi connectivity index (χ3n) is 4.81. The van der Waals surface area contributed by atoms with Crippen molar-refractivity contribution in [1.29, 1.82) is 0 Å². The number of alkyl halides is 1. The van der Waals surface area contributed by atoms with E-state index in [-0.39, 0.29) is 35.6 Å². The van der Waals surface area contributed by atoms with Crippen LogP contribution in [0.25, 0.3) is 0 Å². The summed E-state index contributed by atoms with van der Waals surface area (Å²) in [4.78, 5) is 0. The summed E-state index contributed by atoms with van der Waals surface area (Å²) in [5.74, 6) is 0.840. The minimum Gasteiger partial charge on any atom is -0.491 e. The van der Waals surface area contributed by atoms with Gasteiger partial charge in [-0.05, 0) is 35.4 Å². The van der Waals surface area contributed by atoms with Crippen molar-refractivity contribution in [2.75, 3.05) is 26.9 Å². The molecule has 3 atom stereocenters. The number of hydrogen-bond donors (Lipinski definition) is 3. The lowest BCUT2D eigenvalue weighted by Gasteiger charge is -2.27. The van der Waals surface area contributed by atoms with Gasteiger partial charge in [0.1, 0.15) is 31.2 Å². The van der Waals surface area contributed by atoms with Crippen LogP contribution in [0.15, 0.2) is 36.4 Å². The molecule has 0 aliphatic heterocycles. The molecular formula is C22H27Cl3O6. The van der Waals surface area contributed by atoms with Crippen molar-refractivity contribution in [3.05, 3.63) is 57.6 Å². The maximum atomic E-state index is 9.69. The van der Waals surface area contributed by atoms with Crippen molar-refractivity contribution in [2.24, 2.45) is 0 Å². The second-order valence-electron chi connectivity index (χ2n) is 7.59. The normalized spacial score (nSPS) is 14.7. The van der Waals surface area contributed by atoms with Crippen LogP contribution in [0.2, 0.25) is 10.0 Å². The molecule has 0 saturated heterocycles. The molecule has 9 heteroatoms. The van der Waals surface area contributed by atoms with Gasteiger partial charge in [0.05, 0.1) is 16.7 Å². The fourth-order valence-corrected chi connectivity index (χ4v) is 3.54. The lowest BCUT2D eigenvalue weighted by molar-refractivity contribution is 0.0325. The Bertz CT molecular complexity index is 819. The van der Waals surface area contributed by atoms with E-state index in [1.54, 1.807) is 12.1 Å². The second kappa shape index (κ2) is 11.6. The van der Waals surface area contributed by atoms with Crippen LogP contribution in [0.1, 0.15) is 25.0 Å². The van der Waals surface area contributed by atoms with Gasteiger partial charge < -0.3 is 29.5 Å². The van der Waals surface area contributed by atoms with Gasteiger partial charge in [0.25, 0.3) is 0 Å². The molecule has 172 valence electrons. The van der Waals surface area contributed by atoms with Gasteiger partial charge in [0.2, 0.25) is 0 Å². The van der Waals surface area contributed by atoms with Gasteiger partial charge in [-0.2, -0.15) is 0 Å². The van der Waals surface area contributed by atoms with Crippen molar-refractivity contribution in [3.8, 4) is 11.5 Å². The largest absolute Gasteiger partial charge is 0.491 e. The van der Waals surface area contributed by atoms with Crippen molar-refractivity contribution in [3.63, 3.8) is 0 Å². The Balaban J connectivity index is 2.15. The van der Waals surface area contributed by atoms with Gasteiger partial charge in [-0.15, -0.1) is 0 Å². The summed E-state index contributed by atoms with van der Waals surface area (Å²) < 4.78 is 15.9. The lowest BCUT2D eigenvalue weighted by atomic mass is 9.78. The van der Waals surface area contributed by atoms with E-state index >= 15 is 0 Å². The van der Waals surface area contributed by atoms with Gasteiger partial charge >= 0.3 is 0 Å². The predicted octanol–water partition coefficient (Wildman–Crippen LogP) is 4.00. The van der Waals surface area contributed by atoms with E-state index in [0.717, 1.165) is 11.1 Å². The monoisotopic (exact) mass is 492 g/mol. The highest BCUT2D eigenvalue weighted by molar-refractivity contribution is 6.37.